The molecule has 0 bridgehead atoms. The molecule has 4 aromatic rings. The number of nitrogens with one attached hydrogen (secondary N) is 2. The number of ether oxygens (including phenoxy) is 1. The topological polar surface area (TPSA) is 117 Å². The van der Waals surface area contributed by atoms with E-state index >= 15 is 0 Å². The average molecular weight is 493 g/mol. The number of nitrogens with zero attached hydrogens (tertiary/aromatic N) is 2. The molecule has 2 amide bonds. The summed E-state index contributed by atoms with van der Waals surface area (Å²) in [6.45, 7) is 2.55. The molecule has 2 aromatic carbocycles. The third-order valence-corrected chi connectivity index (χ3v) is 5.48. The Labute approximate surface area is 206 Å². The molecule has 0 radical (unpaired) electrons. The smallest absolute Gasteiger partial charge is 0.407 e. The molecular weight excluding hydrogens is 467 g/mol. The Morgan fingerprint density at radius 1 is 1.14 bits per heavy atom. The van der Waals surface area contributed by atoms with Crippen molar-refractivity contribution in [2.45, 2.75) is 19.9 Å². The van der Waals surface area contributed by atoms with E-state index < -0.39 is 12.0 Å². The maximum Gasteiger partial charge on any atom is 0.407 e. The fraction of sp³-hybridized carbons (Fsp3) is 0.192. The third kappa shape index (κ3) is 5.90. The van der Waals surface area contributed by atoms with Gasteiger partial charge in [0.05, 0.1) is 24.2 Å². The van der Waals surface area contributed by atoms with Gasteiger partial charge < -0.3 is 19.2 Å². The highest BCUT2D eigenvalue weighted by atomic mass is 19.1. The second-order valence-corrected chi connectivity index (χ2v) is 8.04. The van der Waals surface area contributed by atoms with E-state index in [1.165, 1.54) is 29.2 Å². The van der Waals surface area contributed by atoms with Crippen LogP contribution in [0.5, 0.6) is 5.75 Å². The van der Waals surface area contributed by atoms with Crippen LogP contribution >= 0.6 is 0 Å². The molecule has 0 saturated heterocycles. The summed E-state index contributed by atoms with van der Waals surface area (Å²) < 4.78 is 24.8. The maximum atomic E-state index is 13.1. The number of rotatable bonds is 10. The summed E-state index contributed by atoms with van der Waals surface area (Å²) >= 11 is 0. The molecule has 9 nitrogen and oxygen atoms in total. The number of benzene rings is 2. The summed E-state index contributed by atoms with van der Waals surface area (Å²) in [4.78, 5) is 29.6. The fourth-order valence-electron chi connectivity index (χ4n) is 3.71. The van der Waals surface area contributed by atoms with Crippen LogP contribution in [0.4, 0.5) is 14.9 Å². The van der Waals surface area contributed by atoms with Crippen LogP contribution in [-0.2, 0) is 6.54 Å². The van der Waals surface area contributed by atoms with Gasteiger partial charge in [-0.1, -0.05) is 12.1 Å². The Kier molecular flexibility index (Phi) is 7.64. The van der Waals surface area contributed by atoms with Gasteiger partial charge in [-0.25, -0.2) is 9.18 Å². The van der Waals surface area contributed by atoms with E-state index in [2.05, 4.69) is 15.8 Å². The molecule has 0 aliphatic heterocycles. The lowest BCUT2D eigenvalue weighted by Gasteiger charge is -2.19. The minimum atomic E-state index is -1.02. The minimum absolute atomic E-state index is 0.115. The van der Waals surface area contributed by atoms with E-state index in [1.54, 1.807) is 43.6 Å². The van der Waals surface area contributed by atoms with Crippen molar-refractivity contribution >= 4 is 28.7 Å². The minimum Gasteiger partial charge on any atom is -0.493 e. The molecule has 0 fully saturated rings. The van der Waals surface area contributed by atoms with Crippen molar-refractivity contribution in [3.05, 3.63) is 89.7 Å². The highest BCUT2D eigenvalue weighted by molar-refractivity contribution is 6.01. The Morgan fingerprint density at radius 2 is 1.94 bits per heavy atom. The molecule has 0 saturated carbocycles. The highest BCUT2D eigenvalue weighted by Gasteiger charge is 2.20. The monoisotopic (exact) mass is 492 g/mol. The average Bonchev–Trinajstić information content (AvgIpc) is 3.23. The van der Waals surface area contributed by atoms with E-state index in [1.807, 2.05) is 6.07 Å². The molecule has 4 rings (SSSR count). The zero-order valence-corrected chi connectivity index (χ0v) is 19.5. The molecular formula is C26H25FN4O5. The van der Waals surface area contributed by atoms with Crippen LogP contribution < -0.4 is 15.6 Å². The number of halogens is 1. The SMILES string of the molecule is Cc1c(C(=O)NNc2ccc(F)cc2)oc2cccc(OCCCN(Cc3cccnc3)C(=O)O)c12. The quantitative estimate of drug-likeness (QED) is 0.211. The Bertz CT molecular complexity index is 1340. The molecule has 3 N–H and O–H groups in total. The van der Waals surface area contributed by atoms with Crippen LogP contribution in [0.2, 0.25) is 0 Å². The number of amides is 2. The molecule has 2 heterocycles. The molecule has 186 valence electrons. The lowest BCUT2D eigenvalue weighted by atomic mass is 10.1. The maximum absolute atomic E-state index is 13.1. The van der Waals surface area contributed by atoms with E-state index in [4.69, 9.17) is 9.15 Å². The number of pyridine rings is 1. The second kappa shape index (κ2) is 11.2. The number of carbonyl (C=O) groups excluding carboxylic acids is 1. The van der Waals surface area contributed by atoms with E-state index in [0.717, 1.165) is 5.56 Å². The summed E-state index contributed by atoms with van der Waals surface area (Å²) in [5, 5.41) is 10.2. The zero-order chi connectivity index (χ0) is 25.5. The van der Waals surface area contributed by atoms with Gasteiger partial charge in [0.25, 0.3) is 0 Å². The molecule has 36 heavy (non-hydrogen) atoms. The second-order valence-electron chi connectivity index (χ2n) is 8.04. The van der Waals surface area contributed by atoms with Crippen LogP contribution in [0.1, 0.15) is 28.1 Å². The van der Waals surface area contributed by atoms with Crippen molar-refractivity contribution in [2.75, 3.05) is 18.6 Å². The molecule has 0 aliphatic rings. The predicted molar refractivity (Wildman–Crippen MR) is 131 cm³/mol. The number of carboxylic acid groups (broad SMARTS) is 1. The van der Waals surface area contributed by atoms with Gasteiger partial charge in [-0.3, -0.25) is 20.6 Å². The van der Waals surface area contributed by atoms with Crippen LogP contribution in [0.3, 0.4) is 0 Å². The van der Waals surface area contributed by atoms with Crippen molar-refractivity contribution in [2.24, 2.45) is 0 Å². The Hall–Kier alpha value is -4.60. The Morgan fingerprint density at radius 3 is 2.67 bits per heavy atom. The highest BCUT2D eigenvalue weighted by Crippen LogP contribution is 2.33. The molecule has 0 atom stereocenters. The van der Waals surface area contributed by atoms with Crippen LogP contribution in [-0.4, -0.2) is 40.1 Å². The van der Waals surface area contributed by atoms with E-state index in [9.17, 15) is 19.1 Å². The van der Waals surface area contributed by atoms with Crippen molar-refractivity contribution in [1.82, 2.24) is 15.3 Å². The first-order chi connectivity index (χ1) is 17.4. The third-order valence-electron chi connectivity index (χ3n) is 5.48. The number of furan rings is 1. The number of hydrazine groups is 1. The molecule has 0 unspecified atom stereocenters. The van der Waals surface area contributed by atoms with Crippen molar-refractivity contribution in [3.63, 3.8) is 0 Å². The number of anilines is 1. The van der Waals surface area contributed by atoms with E-state index in [-0.39, 0.29) is 31.3 Å². The standard InChI is InChI=1S/C26H25FN4O5/c1-17-23-21(35-14-4-13-31(26(33)34)16-18-5-3-12-28-15-18)6-2-7-22(23)36-24(17)25(32)30-29-20-10-8-19(27)9-11-20/h2-3,5-12,15,29H,4,13-14,16H2,1H3,(H,30,32)(H,33,34). The molecule has 0 spiro atoms. The normalized spacial score (nSPS) is 10.7. The zero-order valence-electron chi connectivity index (χ0n) is 19.5. The number of hydrogen-bond acceptors (Lipinski definition) is 6. The largest absolute Gasteiger partial charge is 0.493 e. The van der Waals surface area contributed by atoms with Crippen LogP contribution in [0.15, 0.2) is 71.4 Å². The summed E-state index contributed by atoms with van der Waals surface area (Å²) in [6.07, 6.45) is 2.72. The lowest BCUT2D eigenvalue weighted by Crippen LogP contribution is -2.30. The summed E-state index contributed by atoms with van der Waals surface area (Å²) in [7, 11) is 0. The summed E-state index contributed by atoms with van der Waals surface area (Å²) in [6, 6.07) is 14.4. The fourth-order valence-corrected chi connectivity index (χ4v) is 3.71. The molecule has 10 heteroatoms. The number of aromatic nitrogens is 1. The van der Waals surface area contributed by atoms with Gasteiger partial charge in [0.1, 0.15) is 17.1 Å². The number of aryl methyl sites for hydroxylation is 1. The first-order valence-corrected chi connectivity index (χ1v) is 11.3. The van der Waals surface area contributed by atoms with Crippen molar-refractivity contribution in [1.29, 1.82) is 0 Å². The van der Waals surface area contributed by atoms with Gasteiger partial charge in [0, 0.05) is 24.5 Å². The number of fused-ring (bicyclic) bond motifs is 1. The van der Waals surface area contributed by atoms with Crippen LogP contribution in [0, 0.1) is 12.7 Å². The van der Waals surface area contributed by atoms with Gasteiger partial charge in [-0.05, 0) is 61.4 Å². The molecule has 0 aliphatic carbocycles. The first-order valence-electron chi connectivity index (χ1n) is 11.3. The van der Waals surface area contributed by atoms with Gasteiger partial charge in [-0.15, -0.1) is 0 Å². The van der Waals surface area contributed by atoms with Gasteiger partial charge >= 0.3 is 12.0 Å². The number of carbonyl (C=O) groups is 2. The summed E-state index contributed by atoms with van der Waals surface area (Å²) in [5.41, 5.74) is 7.67. The Balaban J connectivity index is 1.38. The summed E-state index contributed by atoms with van der Waals surface area (Å²) in [5.74, 6) is -0.221. The van der Waals surface area contributed by atoms with Gasteiger partial charge in [0.2, 0.25) is 0 Å². The van der Waals surface area contributed by atoms with Gasteiger partial charge in [-0.2, -0.15) is 0 Å². The van der Waals surface area contributed by atoms with E-state index in [0.29, 0.717) is 34.4 Å². The van der Waals surface area contributed by atoms with Crippen LogP contribution in [0.25, 0.3) is 11.0 Å². The van der Waals surface area contributed by atoms with Crippen molar-refractivity contribution < 1.29 is 28.2 Å². The predicted octanol–water partition coefficient (Wildman–Crippen LogP) is 4.98. The van der Waals surface area contributed by atoms with Gasteiger partial charge in [0.15, 0.2) is 5.76 Å². The number of hydrogen-bond donors (Lipinski definition) is 3. The molecule has 2 aromatic heterocycles. The first kappa shape index (κ1) is 24.5. The van der Waals surface area contributed by atoms with Crippen molar-refractivity contribution in [3.8, 4) is 5.75 Å². The lowest BCUT2D eigenvalue weighted by molar-refractivity contribution is 0.0936.